The number of halogens is 1. The maximum Gasteiger partial charge on any atom is 0.257 e. The first-order valence-corrected chi connectivity index (χ1v) is 9.33. The summed E-state index contributed by atoms with van der Waals surface area (Å²) in [5, 5.41) is 13.5. The molecule has 0 bridgehead atoms. The summed E-state index contributed by atoms with van der Waals surface area (Å²) >= 11 is 0. The maximum absolute atomic E-state index is 13.8. The van der Waals surface area contributed by atoms with Crippen LogP contribution in [0.2, 0.25) is 0 Å². The maximum atomic E-state index is 13.8. The number of nitrogens with zero attached hydrogens (tertiary/aromatic N) is 4. The molecule has 2 aliphatic rings. The molecule has 0 aliphatic carbocycles. The zero-order chi connectivity index (χ0) is 35.7. The molecule has 31 heavy (non-hydrogen) atoms. The number of likely N-dealkylation sites (tertiary alicyclic amines) is 1. The van der Waals surface area contributed by atoms with Gasteiger partial charge in [0.05, 0.1) is 5.69 Å². The molecule has 1 fully saturated rings. The van der Waals surface area contributed by atoms with Gasteiger partial charge in [0.25, 0.3) is 5.56 Å². The third-order valence-corrected chi connectivity index (χ3v) is 4.91. The number of aliphatic hydroxyl groups excluding tert-OH is 1. The highest BCUT2D eigenvalue weighted by atomic mass is 19.1. The van der Waals surface area contributed by atoms with Gasteiger partial charge in [0.1, 0.15) is 17.7 Å². The number of rotatable bonds is 4. The van der Waals surface area contributed by atoms with E-state index in [4.69, 9.17) is 26.5 Å². The van der Waals surface area contributed by atoms with E-state index in [1.165, 1.54) is 0 Å². The smallest absolute Gasteiger partial charge is 0.257 e. The Hall–Kier alpha value is -2.58. The third-order valence-electron chi connectivity index (χ3n) is 4.91. The van der Waals surface area contributed by atoms with Crippen molar-refractivity contribution in [2.75, 3.05) is 19.5 Å². The second-order valence-corrected chi connectivity index (χ2v) is 6.90. The molecule has 5 rings (SSSR count). The van der Waals surface area contributed by atoms with Gasteiger partial charge >= 0.3 is 0 Å². The minimum absolute atomic E-state index is 0.0585. The highest BCUT2D eigenvalue weighted by Gasteiger charge is 2.26. The molecular formula is C23H27FN4O3. The fourth-order valence-electron chi connectivity index (χ4n) is 3.39. The fourth-order valence-corrected chi connectivity index (χ4v) is 3.39. The number of aliphatic hydroxyl groups is 1. The summed E-state index contributed by atoms with van der Waals surface area (Å²) in [4.78, 5) is 16.7. The lowest BCUT2D eigenvalue weighted by Crippen LogP contribution is -2.37. The van der Waals surface area contributed by atoms with Crippen molar-refractivity contribution in [2.24, 2.45) is 0 Å². The van der Waals surface area contributed by atoms with E-state index in [2.05, 4.69) is 10.1 Å². The third kappa shape index (κ3) is 3.78. The van der Waals surface area contributed by atoms with Gasteiger partial charge in [-0.15, -0.1) is 0 Å². The van der Waals surface area contributed by atoms with Gasteiger partial charge in [-0.2, -0.15) is 0 Å². The summed E-state index contributed by atoms with van der Waals surface area (Å²) < 4.78 is 158. The van der Waals surface area contributed by atoms with E-state index in [0.717, 1.165) is 18.2 Å². The predicted molar refractivity (Wildman–Crippen MR) is 114 cm³/mol. The molecule has 4 heterocycles. The number of piperidine rings is 1. The van der Waals surface area contributed by atoms with Crippen LogP contribution in [0.3, 0.4) is 0 Å². The Bertz CT molecular complexity index is 1790. The molecule has 0 amide bonds. The van der Waals surface area contributed by atoms with Gasteiger partial charge in [0.2, 0.25) is 0 Å². The van der Waals surface area contributed by atoms with Gasteiger partial charge in [-0.1, -0.05) is 5.16 Å². The summed E-state index contributed by atoms with van der Waals surface area (Å²) in [6.45, 7) is -16.4. The first kappa shape index (κ1) is 9.11. The first-order valence-electron chi connectivity index (χ1n) is 17.3. The number of aromatic nitrogens is 3. The van der Waals surface area contributed by atoms with E-state index in [1.807, 2.05) is 0 Å². The highest BCUT2D eigenvalue weighted by Crippen LogP contribution is 2.32. The summed E-state index contributed by atoms with van der Waals surface area (Å²) in [6.07, 6.45) is -13.5. The van der Waals surface area contributed by atoms with Crippen LogP contribution in [0.25, 0.3) is 11.0 Å². The van der Waals surface area contributed by atoms with Gasteiger partial charge < -0.3 is 14.5 Å². The van der Waals surface area contributed by atoms with Crippen molar-refractivity contribution in [3.05, 3.63) is 57.1 Å². The minimum Gasteiger partial charge on any atom is -0.385 e. The van der Waals surface area contributed by atoms with Crippen LogP contribution in [0.15, 0.2) is 27.5 Å². The van der Waals surface area contributed by atoms with Crippen LogP contribution in [-0.4, -0.2) is 44.2 Å². The lowest BCUT2D eigenvalue weighted by molar-refractivity contribution is 0.129. The van der Waals surface area contributed by atoms with E-state index < -0.39 is 107 Å². The van der Waals surface area contributed by atoms with Gasteiger partial charge in [-0.3, -0.25) is 9.36 Å². The molecule has 1 N–H and O–H groups in total. The van der Waals surface area contributed by atoms with Crippen molar-refractivity contribution in [3.8, 4) is 0 Å². The van der Waals surface area contributed by atoms with E-state index in [-0.39, 0.29) is 19.4 Å². The summed E-state index contributed by atoms with van der Waals surface area (Å²) in [5.41, 5.74) is -5.78. The molecular weight excluding hydrogens is 399 g/mol. The quantitative estimate of drug-likeness (QED) is 0.668. The number of aryl methyl sites for hydroxylation is 1. The summed E-state index contributed by atoms with van der Waals surface area (Å²) in [7, 11) is 0. The fraction of sp³-hybridized carbons (Fsp3) is 0.522. The summed E-state index contributed by atoms with van der Waals surface area (Å²) in [6, 6.07) is 2.48. The van der Waals surface area contributed by atoms with E-state index in [0.29, 0.717) is 4.57 Å². The Morgan fingerprint density at radius 1 is 1.45 bits per heavy atom. The van der Waals surface area contributed by atoms with Crippen molar-refractivity contribution >= 4 is 11.0 Å². The molecule has 1 atom stereocenters. The van der Waals surface area contributed by atoms with Crippen molar-refractivity contribution in [1.82, 2.24) is 19.6 Å². The molecule has 0 spiro atoms. The average molecular weight is 443 g/mol. The molecule has 1 aromatic carbocycles. The number of fused-ring (bicyclic) bond motifs is 2. The summed E-state index contributed by atoms with van der Waals surface area (Å²) in [5.74, 6) is -5.08. The lowest BCUT2D eigenvalue weighted by Gasteiger charge is -2.31. The Labute approximate surface area is 202 Å². The second kappa shape index (κ2) is 8.16. The Morgan fingerprint density at radius 3 is 3.10 bits per heavy atom. The zero-order valence-electron chi connectivity index (χ0n) is 31.9. The van der Waals surface area contributed by atoms with Gasteiger partial charge in [0.15, 0.2) is 5.58 Å². The Morgan fingerprint density at radius 2 is 2.29 bits per heavy atom. The molecule has 0 saturated carbocycles. The standard InChI is InChI=1S/C23H27FN4O3/c1-14-17(23(30)28-9-2-3-19(29)22(28)25-14)8-12-27-10-6-15(7-11-27)21-18-5-4-16(24)13-20(18)31-26-21/h4-5,13,15,19,29H,2-3,6-12H2,1H3/i1D3,6D2,7D2,8D2,10D2,11D2,12D2,15D. The topological polar surface area (TPSA) is 84.4 Å². The van der Waals surface area contributed by atoms with Crippen LogP contribution in [0.4, 0.5) is 4.39 Å². The van der Waals surface area contributed by atoms with Crippen LogP contribution in [0.1, 0.15) is 82.3 Å². The minimum atomic E-state index is -4.32. The largest absolute Gasteiger partial charge is 0.385 e. The predicted octanol–water partition coefficient (Wildman–Crippen LogP) is 3.08. The van der Waals surface area contributed by atoms with E-state index in [9.17, 15) is 14.3 Å². The van der Waals surface area contributed by atoms with Crippen molar-refractivity contribution < 1.29 is 36.0 Å². The Kier molecular flexibility index (Phi) is 2.40. The number of benzene rings is 1. The van der Waals surface area contributed by atoms with Gasteiger partial charge in [-0.05, 0) is 63.9 Å². The Balaban J connectivity index is 1.79. The zero-order valence-corrected chi connectivity index (χ0v) is 15.9. The molecule has 0 radical (unpaired) electrons. The molecule has 3 aromatic rings. The second-order valence-electron chi connectivity index (χ2n) is 6.90. The molecule has 2 aliphatic heterocycles. The number of hydrogen-bond donors (Lipinski definition) is 1. The van der Waals surface area contributed by atoms with E-state index >= 15 is 0 Å². The average Bonchev–Trinajstić information content (AvgIpc) is 3.34. The van der Waals surface area contributed by atoms with Crippen LogP contribution in [0, 0.1) is 12.7 Å². The van der Waals surface area contributed by atoms with E-state index in [1.54, 1.807) is 0 Å². The number of hydrogen-bond acceptors (Lipinski definition) is 6. The monoisotopic (exact) mass is 442 g/mol. The lowest BCUT2D eigenvalue weighted by atomic mass is 9.91. The van der Waals surface area contributed by atoms with Gasteiger partial charge in [0, 0.05) is 63.6 Å². The molecule has 8 heteroatoms. The normalized spacial score (nSPS) is 36.8. The van der Waals surface area contributed by atoms with Crippen LogP contribution in [0.5, 0.6) is 0 Å². The molecule has 1 unspecified atom stereocenters. The highest BCUT2D eigenvalue weighted by molar-refractivity contribution is 5.79. The SMILES string of the molecule is [2H]C([2H])([2H])c1nc2n(c(=O)c1C([2H])([2H])C([2H])([2H])N1C([2H])([2H])C([2H])([2H])C([2H])(c3noc4cc(F)ccc34)C([2H])([2H])C1([2H])[2H])CCCC2O. The van der Waals surface area contributed by atoms with Gasteiger partial charge in [-0.25, -0.2) is 9.37 Å². The van der Waals surface area contributed by atoms with Crippen molar-refractivity contribution in [3.63, 3.8) is 0 Å². The first-order chi connectivity index (χ1) is 21.1. The molecule has 2 aromatic heterocycles. The van der Waals surface area contributed by atoms with Crippen LogP contribution >= 0.6 is 0 Å². The molecule has 7 nitrogen and oxygen atoms in total. The van der Waals surface area contributed by atoms with Crippen molar-refractivity contribution in [2.45, 2.75) is 57.4 Å². The van der Waals surface area contributed by atoms with Crippen LogP contribution < -0.4 is 5.56 Å². The molecule has 164 valence electrons. The van der Waals surface area contributed by atoms with Crippen molar-refractivity contribution in [1.29, 1.82) is 0 Å². The van der Waals surface area contributed by atoms with Crippen LogP contribution in [-0.2, 0) is 12.9 Å². The molecule has 1 saturated heterocycles.